The monoisotopic (exact) mass is 352 g/mol. The molecule has 26 heavy (non-hydrogen) atoms. The summed E-state index contributed by atoms with van der Waals surface area (Å²) in [5.74, 6) is -0.151. The van der Waals surface area contributed by atoms with Crippen molar-refractivity contribution in [3.8, 4) is 0 Å². The van der Waals surface area contributed by atoms with Crippen molar-refractivity contribution in [1.82, 2.24) is 9.80 Å². The normalized spacial score (nSPS) is 23.3. The van der Waals surface area contributed by atoms with Crippen LogP contribution in [0.5, 0.6) is 0 Å². The maximum Gasteiger partial charge on any atom is 0.254 e. The Labute approximate surface area is 154 Å². The lowest BCUT2D eigenvalue weighted by molar-refractivity contribution is 0.0617. The highest BCUT2D eigenvalue weighted by atomic mass is 19.1. The average molecular weight is 352 g/mol. The molecular weight excluding hydrogens is 327 g/mol. The Morgan fingerprint density at radius 2 is 1.85 bits per heavy atom. The van der Waals surface area contributed by atoms with Gasteiger partial charge in [-0.2, -0.15) is 0 Å². The molecule has 0 aliphatic carbocycles. The SMILES string of the molecule is C[C@H]1CCCN1CCN1C(=O)c2ccccc2CC1c1ccc(F)cc1. The highest BCUT2D eigenvalue weighted by Gasteiger charge is 2.33. The average Bonchev–Trinajstić information content (AvgIpc) is 3.06. The third-order valence-corrected chi connectivity index (χ3v) is 5.87. The van der Waals surface area contributed by atoms with Gasteiger partial charge in [-0.3, -0.25) is 9.69 Å². The van der Waals surface area contributed by atoms with E-state index < -0.39 is 0 Å². The van der Waals surface area contributed by atoms with Crippen LogP contribution in [-0.4, -0.2) is 41.4 Å². The van der Waals surface area contributed by atoms with Gasteiger partial charge in [0.25, 0.3) is 5.91 Å². The second kappa shape index (κ2) is 7.20. The molecule has 1 amide bonds. The smallest absolute Gasteiger partial charge is 0.254 e. The molecular formula is C22H25FN2O. The number of amides is 1. The van der Waals surface area contributed by atoms with Crippen molar-refractivity contribution in [3.05, 3.63) is 71.0 Å². The Morgan fingerprint density at radius 1 is 1.08 bits per heavy atom. The van der Waals surface area contributed by atoms with E-state index in [0.29, 0.717) is 12.6 Å². The van der Waals surface area contributed by atoms with E-state index in [2.05, 4.69) is 11.8 Å². The molecule has 0 bridgehead atoms. The van der Waals surface area contributed by atoms with Gasteiger partial charge in [-0.05, 0) is 62.1 Å². The van der Waals surface area contributed by atoms with Crippen molar-refractivity contribution in [3.63, 3.8) is 0 Å². The molecule has 3 nitrogen and oxygen atoms in total. The second-order valence-corrected chi connectivity index (χ2v) is 7.45. The van der Waals surface area contributed by atoms with E-state index in [4.69, 9.17) is 0 Å². The molecule has 2 heterocycles. The van der Waals surface area contributed by atoms with Crippen molar-refractivity contribution in [2.75, 3.05) is 19.6 Å². The van der Waals surface area contributed by atoms with E-state index in [1.165, 1.54) is 25.0 Å². The van der Waals surface area contributed by atoms with E-state index in [9.17, 15) is 9.18 Å². The van der Waals surface area contributed by atoms with Crippen molar-refractivity contribution >= 4 is 5.91 Å². The van der Waals surface area contributed by atoms with Crippen molar-refractivity contribution in [1.29, 1.82) is 0 Å². The minimum Gasteiger partial charge on any atom is -0.330 e. The number of hydrogen-bond donors (Lipinski definition) is 0. The molecule has 2 aromatic carbocycles. The van der Waals surface area contributed by atoms with Gasteiger partial charge in [0, 0.05) is 24.7 Å². The fraction of sp³-hybridized carbons (Fsp3) is 0.409. The summed E-state index contributed by atoms with van der Waals surface area (Å²) in [5.41, 5.74) is 2.89. The minimum absolute atomic E-state index is 0.0316. The maximum atomic E-state index is 13.4. The highest BCUT2D eigenvalue weighted by Crippen LogP contribution is 2.33. The Morgan fingerprint density at radius 3 is 2.58 bits per heavy atom. The van der Waals surface area contributed by atoms with Gasteiger partial charge in [-0.25, -0.2) is 4.39 Å². The van der Waals surface area contributed by atoms with Crippen LogP contribution < -0.4 is 0 Å². The lowest BCUT2D eigenvalue weighted by atomic mass is 9.89. The van der Waals surface area contributed by atoms with Crippen LogP contribution in [0.25, 0.3) is 0 Å². The molecule has 0 aromatic heterocycles. The summed E-state index contributed by atoms with van der Waals surface area (Å²) in [4.78, 5) is 17.6. The van der Waals surface area contributed by atoms with Gasteiger partial charge in [0.15, 0.2) is 0 Å². The van der Waals surface area contributed by atoms with Crippen LogP contribution >= 0.6 is 0 Å². The van der Waals surface area contributed by atoms with Crippen LogP contribution in [0.1, 0.15) is 47.3 Å². The summed E-state index contributed by atoms with van der Waals surface area (Å²) >= 11 is 0. The molecule has 2 aliphatic rings. The first-order valence-corrected chi connectivity index (χ1v) is 9.52. The fourth-order valence-corrected chi connectivity index (χ4v) is 4.32. The topological polar surface area (TPSA) is 23.6 Å². The van der Waals surface area contributed by atoms with E-state index in [1.807, 2.05) is 41.3 Å². The zero-order chi connectivity index (χ0) is 18.1. The number of carbonyl (C=O) groups is 1. The van der Waals surface area contributed by atoms with E-state index in [-0.39, 0.29) is 17.8 Å². The third-order valence-electron chi connectivity index (χ3n) is 5.87. The largest absolute Gasteiger partial charge is 0.330 e. The summed E-state index contributed by atoms with van der Waals surface area (Å²) in [7, 11) is 0. The van der Waals surface area contributed by atoms with Gasteiger partial charge in [-0.15, -0.1) is 0 Å². The summed E-state index contributed by atoms with van der Waals surface area (Å²) in [6.45, 7) is 4.98. The second-order valence-electron chi connectivity index (χ2n) is 7.45. The van der Waals surface area contributed by atoms with Crippen LogP contribution in [0.4, 0.5) is 4.39 Å². The van der Waals surface area contributed by atoms with Gasteiger partial charge in [-0.1, -0.05) is 30.3 Å². The van der Waals surface area contributed by atoms with Gasteiger partial charge in [0.05, 0.1) is 6.04 Å². The molecule has 136 valence electrons. The first-order valence-electron chi connectivity index (χ1n) is 9.52. The van der Waals surface area contributed by atoms with Gasteiger partial charge < -0.3 is 4.90 Å². The standard InChI is InChI=1S/C22H25FN2O/c1-16-5-4-12-24(16)13-14-25-21(17-8-10-19(23)11-9-17)15-18-6-2-3-7-20(18)22(25)26/h2-3,6-11,16,21H,4-5,12-15H2,1H3/t16-,21?/m0/s1. The molecule has 0 saturated carbocycles. The van der Waals surface area contributed by atoms with Crippen LogP contribution in [0, 0.1) is 5.82 Å². The molecule has 0 spiro atoms. The Bertz CT molecular complexity index is 789. The number of halogens is 1. The first kappa shape index (κ1) is 17.2. The van der Waals surface area contributed by atoms with E-state index in [1.54, 1.807) is 0 Å². The molecule has 2 aliphatic heterocycles. The molecule has 2 aromatic rings. The quantitative estimate of drug-likeness (QED) is 0.829. The number of fused-ring (bicyclic) bond motifs is 1. The lowest BCUT2D eigenvalue weighted by Crippen LogP contribution is -2.45. The third kappa shape index (κ3) is 3.26. The number of benzene rings is 2. The summed E-state index contributed by atoms with van der Waals surface area (Å²) in [6.07, 6.45) is 3.25. The molecule has 1 unspecified atom stereocenters. The van der Waals surface area contributed by atoms with Crippen molar-refractivity contribution in [2.24, 2.45) is 0 Å². The molecule has 4 heteroatoms. The van der Waals surface area contributed by atoms with Crippen molar-refractivity contribution in [2.45, 2.75) is 38.3 Å². The molecule has 0 N–H and O–H groups in total. The fourth-order valence-electron chi connectivity index (χ4n) is 4.32. The van der Waals surface area contributed by atoms with Gasteiger partial charge in [0.2, 0.25) is 0 Å². The minimum atomic E-state index is -0.242. The van der Waals surface area contributed by atoms with Crippen LogP contribution in [0.2, 0.25) is 0 Å². The molecule has 1 saturated heterocycles. The molecule has 1 fully saturated rings. The van der Waals surface area contributed by atoms with Crippen LogP contribution in [-0.2, 0) is 6.42 Å². The Kier molecular flexibility index (Phi) is 4.77. The summed E-state index contributed by atoms with van der Waals surface area (Å²) in [6, 6.07) is 15.0. The first-order chi connectivity index (χ1) is 12.6. The van der Waals surface area contributed by atoms with Crippen molar-refractivity contribution < 1.29 is 9.18 Å². The number of likely N-dealkylation sites (tertiary alicyclic amines) is 1. The molecule has 4 rings (SSSR count). The zero-order valence-corrected chi connectivity index (χ0v) is 15.2. The number of hydrogen-bond acceptors (Lipinski definition) is 2. The van der Waals surface area contributed by atoms with Crippen LogP contribution in [0.3, 0.4) is 0 Å². The summed E-state index contributed by atoms with van der Waals surface area (Å²) in [5, 5.41) is 0. The summed E-state index contributed by atoms with van der Waals surface area (Å²) < 4.78 is 13.4. The lowest BCUT2D eigenvalue weighted by Gasteiger charge is -2.38. The zero-order valence-electron chi connectivity index (χ0n) is 15.2. The van der Waals surface area contributed by atoms with Gasteiger partial charge >= 0.3 is 0 Å². The number of carbonyl (C=O) groups excluding carboxylic acids is 1. The Hall–Kier alpha value is -2.20. The maximum absolute atomic E-state index is 13.4. The molecule has 2 atom stereocenters. The predicted octanol–water partition coefficient (Wildman–Crippen LogP) is 4.05. The highest BCUT2D eigenvalue weighted by molar-refractivity contribution is 5.97. The Balaban J connectivity index is 1.62. The number of nitrogens with zero attached hydrogens (tertiary/aromatic N) is 2. The van der Waals surface area contributed by atoms with E-state index in [0.717, 1.165) is 36.2 Å². The molecule has 0 radical (unpaired) electrons. The number of rotatable bonds is 4. The van der Waals surface area contributed by atoms with Crippen LogP contribution in [0.15, 0.2) is 48.5 Å². The van der Waals surface area contributed by atoms with Gasteiger partial charge in [0.1, 0.15) is 5.82 Å². The van der Waals surface area contributed by atoms with E-state index >= 15 is 0 Å². The predicted molar refractivity (Wildman–Crippen MR) is 101 cm³/mol.